The Morgan fingerprint density at radius 2 is 1.91 bits per heavy atom. The second-order valence-electron chi connectivity index (χ2n) is 5.94. The summed E-state index contributed by atoms with van der Waals surface area (Å²) in [5.41, 5.74) is 2.16. The maximum Gasteiger partial charge on any atom is 0.272 e. The maximum atomic E-state index is 12.7. The Balaban J connectivity index is 2.43. The molecule has 0 radical (unpaired) electrons. The van der Waals surface area contributed by atoms with Crippen LogP contribution in [0.15, 0.2) is 30.3 Å². The van der Waals surface area contributed by atoms with Gasteiger partial charge in [0.15, 0.2) is 0 Å². The van der Waals surface area contributed by atoms with Gasteiger partial charge in [-0.25, -0.2) is 4.98 Å². The first-order valence-electron chi connectivity index (χ1n) is 7.45. The van der Waals surface area contributed by atoms with Gasteiger partial charge in [-0.1, -0.05) is 18.2 Å². The molecule has 124 valence electrons. The van der Waals surface area contributed by atoms with E-state index in [1.165, 1.54) is 0 Å². The molecule has 6 heteroatoms. The number of hydrogen-bond donors (Lipinski definition) is 0. The first-order valence-corrected chi connectivity index (χ1v) is 9.18. The van der Waals surface area contributed by atoms with E-state index in [1.807, 2.05) is 56.3 Å². The third-order valence-electron chi connectivity index (χ3n) is 3.85. The van der Waals surface area contributed by atoms with Gasteiger partial charge in [-0.3, -0.25) is 9.00 Å². The number of amides is 1. The molecule has 0 saturated heterocycles. The number of rotatable bonds is 5. The maximum absolute atomic E-state index is 12.7. The molecule has 1 aromatic heterocycles. The van der Waals surface area contributed by atoms with E-state index in [-0.39, 0.29) is 11.9 Å². The van der Waals surface area contributed by atoms with E-state index >= 15 is 0 Å². The molecule has 5 nitrogen and oxygen atoms in total. The van der Waals surface area contributed by atoms with E-state index in [2.05, 4.69) is 4.98 Å². The second-order valence-corrected chi connectivity index (χ2v) is 7.42. The fraction of sp³-hybridized carbons (Fsp3) is 0.412. The molecule has 0 bridgehead atoms. The Bertz CT molecular complexity index is 746. The van der Waals surface area contributed by atoms with E-state index in [0.29, 0.717) is 11.4 Å². The summed E-state index contributed by atoms with van der Waals surface area (Å²) in [6.07, 6.45) is 1.65. The van der Waals surface area contributed by atoms with Crippen LogP contribution in [0.4, 0.5) is 5.69 Å². The predicted molar refractivity (Wildman–Crippen MR) is 96.6 cm³/mol. The van der Waals surface area contributed by atoms with E-state index in [1.54, 1.807) is 18.2 Å². The predicted octanol–water partition coefficient (Wildman–Crippen LogP) is 2.14. The number of anilines is 1. The fourth-order valence-corrected chi connectivity index (χ4v) is 3.37. The molecule has 0 aliphatic heterocycles. The first kappa shape index (κ1) is 17.4. The third-order valence-corrected chi connectivity index (χ3v) is 4.80. The van der Waals surface area contributed by atoms with Crippen molar-refractivity contribution in [1.82, 2.24) is 9.88 Å². The molecular weight excluding hydrogens is 310 g/mol. The molecule has 0 aliphatic carbocycles. The average molecular weight is 333 g/mol. The minimum Gasteiger partial charge on any atom is -0.377 e. The molecule has 0 unspecified atom stereocenters. The molecule has 0 N–H and O–H groups in total. The van der Waals surface area contributed by atoms with Crippen LogP contribution in [0.3, 0.4) is 0 Å². The smallest absolute Gasteiger partial charge is 0.272 e. The molecule has 0 fully saturated rings. The number of fused-ring (bicyclic) bond motifs is 1. The average Bonchev–Trinajstić information content (AvgIpc) is 2.51. The molecule has 1 heterocycles. The van der Waals surface area contributed by atoms with E-state index in [0.717, 1.165) is 16.6 Å². The van der Waals surface area contributed by atoms with Crippen molar-refractivity contribution >= 4 is 33.3 Å². The van der Waals surface area contributed by atoms with Crippen LogP contribution in [0.2, 0.25) is 0 Å². The summed E-state index contributed by atoms with van der Waals surface area (Å²) in [5.74, 6) is 0.299. The second kappa shape index (κ2) is 7.08. The van der Waals surface area contributed by atoms with Crippen molar-refractivity contribution in [1.29, 1.82) is 0 Å². The van der Waals surface area contributed by atoms with Crippen LogP contribution in [0.25, 0.3) is 10.9 Å². The standard InChI is InChI=1S/C17H23N3O2S/c1-12(11-23(5)22)20(4)17(21)15-10-16(19(2)3)13-8-6-7-9-14(13)18-15/h6-10,12H,11H2,1-5H3/t12-,23+/m0/s1. The highest BCUT2D eigenvalue weighted by molar-refractivity contribution is 7.84. The van der Waals surface area contributed by atoms with Crippen molar-refractivity contribution in [3.05, 3.63) is 36.0 Å². The lowest BCUT2D eigenvalue weighted by Gasteiger charge is -2.25. The van der Waals surface area contributed by atoms with Crippen LogP contribution < -0.4 is 4.90 Å². The number of pyridine rings is 1. The van der Waals surface area contributed by atoms with Crippen LogP contribution in [0, 0.1) is 0 Å². The van der Waals surface area contributed by atoms with Gasteiger partial charge in [-0.05, 0) is 19.1 Å². The molecule has 0 aliphatic rings. The largest absolute Gasteiger partial charge is 0.377 e. The van der Waals surface area contributed by atoms with Crippen molar-refractivity contribution in [2.45, 2.75) is 13.0 Å². The minimum absolute atomic E-state index is 0.107. The molecule has 0 saturated carbocycles. The summed E-state index contributed by atoms with van der Waals surface area (Å²) in [5, 5.41) is 1.01. The Morgan fingerprint density at radius 3 is 2.52 bits per heavy atom. The summed E-state index contributed by atoms with van der Waals surface area (Å²) < 4.78 is 11.4. The summed E-state index contributed by atoms with van der Waals surface area (Å²) in [4.78, 5) is 20.8. The summed E-state index contributed by atoms with van der Waals surface area (Å²) in [6, 6.07) is 9.49. The number of hydrogen-bond acceptors (Lipinski definition) is 4. The summed E-state index contributed by atoms with van der Waals surface area (Å²) >= 11 is 0. The molecule has 1 aromatic carbocycles. The zero-order valence-electron chi connectivity index (χ0n) is 14.2. The van der Waals surface area contributed by atoms with Gasteiger partial charge in [0.25, 0.3) is 5.91 Å². The topological polar surface area (TPSA) is 53.5 Å². The van der Waals surface area contributed by atoms with Crippen LogP contribution in [0.1, 0.15) is 17.4 Å². The number of carbonyl (C=O) groups excluding carboxylic acids is 1. The van der Waals surface area contributed by atoms with Crippen molar-refractivity contribution in [3.8, 4) is 0 Å². The molecule has 2 atom stereocenters. The quantitative estimate of drug-likeness (QED) is 0.841. The van der Waals surface area contributed by atoms with Gasteiger partial charge >= 0.3 is 0 Å². The zero-order chi connectivity index (χ0) is 17.1. The van der Waals surface area contributed by atoms with Crippen molar-refractivity contribution in [2.24, 2.45) is 0 Å². The van der Waals surface area contributed by atoms with Crippen molar-refractivity contribution in [3.63, 3.8) is 0 Å². The number of benzene rings is 1. The van der Waals surface area contributed by atoms with E-state index in [4.69, 9.17) is 0 Å². The normalized spacial score (nSPS) is 13.6. The molecular formula is C17H23N3O2S. The number of aromatic nitrogens is 1. The van der Waals surface area contributed by atoms with E-state index < -0.39 is 10.8 Å². The monoisotopic (exact) mass is 333 g/mol. The number of carbonyl (C=O) groups is 1. The van der Waals surface area contributed by atoms with E-state index in [9.17, 15) is 9.00 Å². The SMILES string of the molecule is C[C@@H](C[S@@](C)=O)N(C)C(=O)c1cc(N(C)C)c2ccccc2n1. The van der Waals surface area contributed by atoms with Crippen molar-refractivity contribution < 1.29 is 9.00 Å². The first-order chi connectivity index (χ1) is 10.8. The van der Waals surface area contributed by atoms with Gasteiger partial charge in [0.05, 0.1) is 5.52 Å². The third kappa shape index (κ3) is 3.88. The van der Waals surface area contributed by atoms with Gasteiger partial charge < -0.3 is 9.80 Å². The highest BCUT2D eigenvalue weighted by Crippen LogP contribution is 2.25. The Kier molecular flexibility index (Phi) is 5.36. The van der Waals surface area contributed by atoms with Gasteiger partial charge in [-0.2, -0.15) is 0 Å². The molecule has 2 aromatic rings. The summed E-state index contributed by atoms with van der Waals surface area (Å²) in [7, 11) is 4.68. The van der Waals surface area contributed by atoms with Gasteiger partial charge in [0, 0.05) is 61.1 Å². The molecule has 1 amide bonds. The van der Waals surface area contributed by atoms with Crippen LogP contribution in [-0.4, -0.2) is 59.2 Å². The molecule has 23 heavy (non-hydrogen) atoms. The number of para-hydroxylation sites is 1. The lowest BCUT2D eigenvalue weighted by molar-refractivity contribution is 0.0752. The van der Waals surface area contributed by atoms with Crippen molar-refractivity contribution in [2.75, 3.05) is 38.1 Å². The lowest BCUT2D eigenvalue weighted by atomic mass is 10.1. The highest BCUT2D eigenvalue weighted by atomic mass is 32.2. The Morgan fingerprint density at radius 1 is 1.26 bits per heavy atom. The number of nitrogens with zero attached hydrogens (tertiary/aromatic N) is 3. The lowest BCUT2D eigenvalue weighted by Crippen LogP contribution is -2.38. The molecule has 2 rings (SSSR count). The highest BCUT2D eigenvalue weighted by Gasteiger charge is 2.21. The van der Waals surface area contributed by atoms with Gasteiger partial charge in [0.1, 0.15) is 5.69 Å². The Labute approximate surface area is 139 Å². The van der Waals surface area contributed by atoms with Crippen LogP contribution in [0.5, 0.6) is 0 Å². The minimum atomic E-state index is -0.946. The fourth-order valence-electron chi connectivity index (χ4n) is 2.47. The zero-order valence-corrected chi connectivity index (χ0v) is 15.1. The Hall–Kier alpha value is -1.95. The van der Waals surface area contributed by atoms with Crippen LogP contribution in [-0.2, 0) is 10.8 Å². The summed E-state index contributed by atoms with van der Waals surface area (Å²) in [6.45, 7) is 1.90. The van der Waals surface area contributed by atoms with Gasteiger partial charge in [-0.15, -0.1) is 0 Å². The van der Waals surface area contributed by atoms with Gasteiger partial charge in [0.2, 0.25) is 0 Å². The van der Waals surface area contributed by atoms with Crippen LogP contribution >= 0.6 is 0 Å². The molecule has 0 spiro atoms.